The number of hydrogen-bond acceptors (Lipinski definition) is 3. The van der Waals surface area contributed by atoms with Crippen LogP contribution in [-0.4, -0.2) is 39.4 Å². The fourth-order valence-electron chi connectivity index (χ4n) is 2.06. The van der Waals surface area contributed by atoms with Crippen LogP contribution in [0, 0.1) is 6.92 Å². The number of aryl methyl sites for hydroxylation is 1. The van der Waals surface area contributed by atoms with E-state index in [-0.39, 0.29) is 0 Å². The maximum atomic E-state index is 5.69. The topological polar surface area (TPSA) is 24.5 Å². The second-order valence-electron chi connectivity index (χ2n) is 4.33. The summed E-state index contributed by atoms with van der Waals surface area (Å²) < 4.78 is 5.69. The lowest BCUT2D eigenvalue weighted by atomic mass is 10.2. The largest absolute Gasteiger partial charge is 0.373 e. The van der Waals surface area contributed by atoms with Gasteiger partial charge in [-0.3, -0.25) is 0 Å². The van der Waals surface area contributed by atoms with Gasteiger partial charge in [-0.25, -0.2) is 0 Å². The molecule has 1 saturated heterocycles. The minimum absolute atomic E-state index is 0.306. The Kier molecular flexibility index (Phi) is 3.80. The number of nitrogens with zero attached hydrogens (tertiary/aromatic N) is 1. The van der Waals surface area contributed by atoms with Gasteiger partial charge in [0.05, 0.1) is 12.7 Å². The number of rotatable bonds is 3. The first-order chi connectivity index (χ1) is 7.79. The monoisotopic (exact) mass is 220 g/mol. The molecule has 1 aliphatic heterocycles. The number of nitrogens with one attached hydrogen (secondary N) is 1. The van der Waals surface area contributed by atoms with Crippen LogP contribution in [0.3, 0.4) is 0 Å². The SMILES string of the molecule is CNCC1CN(c2ccc(C)cc2)CCO1. The molecule has 0 saturated carbocycles. The van der Waals surface area contributed by atoms with Crippen molar-refractivity contribution < 1.29 is 4.74 Å². The van der Waals surface area contributed by atoms with E-state index in [2.05, 4.69) is 41.4 Å². The van der Waals surface area contributed by atoms with Crippen molar-refractivity contribution in [1.29, 1.82) is 0 Å². The first kappa shape index (κ1) is 11.4. The van der Waals surface area contributed by atoms with E-state index in [0.717, 1.165) is 26.2 Å². The number of morpholine rings is 1. The summed E-state index contributed by atoms with van der Waals surface area (Å²) in [6.45, 7) is 5.82. The van der Waals surface area contributed by atoms with Crippen molar-refractivity contribution in [3.05, 3.63) is 29.8 Å². The molecule has 3 heteroatoms. The molecular weight excluding hydrogens is 200 g/mol. The number of benzene rings is 1. The summed E-state index contributed by atoms with van der Waals surface area (Å²) in [6.07, 6.45) is 0.306. The molecule has 1 N–H and O–H groups in total. The van der Waals surface area contributed by atoms with E-state index in [1.54, 1.807) is 0 Å². The van der Waals surface area contributed by atoms with E-state index >= 15 is 0 Å². The van der Waals surface area contributed by atoms with E-state index in [1.165, 1.54) is 11.3 Å². The highest BCUT2D eigenvalue weighted by molar-refractivity contribution is 5.47. The zero-order chi connectivity index (χ0) is 11.4. The quantitative estimate of drug-likeness (QED) is 0.834. The smallest absolute Gasteiger partial charge is 0.0874 e. The molecule has 0 spiro atoms. The van der Waals surface area contributed by atoms with Crippen molar-refractivity contribution in [3.63, 3.8) is 0 Å². The van der Waals surface area contributed by atoms with Crippen LogP contribution in [0.4, 0.5) is 5.69 Å². The van der Waals surface area contributed by atoms with Gasteiger partial charge in [-0.1, -0.05) is 17.7 Å². The summed E-state index contributed by atoms with van der Waals surface area (Å²) in [5.74, 6) is 0. The molecule has 1 aliphatic rings. The van der Waals surface area contributed by atoms with Crippen LogP contribution in [0.25, 0.3) is 0 Å². The predicted molar refractivity (Wildman–Crippen MR) is 67.1 cm³/mol. The Labute approximate surface area is 97.4 Å². The Morgan fingerprint density at radius 2 is 2.12 bits per heavy atom. The van der Waals surface area contributed by atoms with Gasteiger partial charge in [0.25, 0.3) is 0 Å². The fourth-order valence-corrected chi connectivity index (χ4v) is 2.06. The van der Waals surface area contributed by atoms with Crippen molar-refractivity contribution in [2.24, 2.45) is 0 Å². The third-order valence-electron chi connectivity index (χ3n) is 2.97. The molecular formula is C13H20N2O. The summed E-state index contributed by atoms with van der Waals surface area (Å²) in [4.78, 5) is 2.39. The first-order valence-corrected chi connectivity index (χ1v) is 5.87. The highest BCUT2D eigenvalue weighted by atomic mass is 16.5. The molecule has 0 aromatic heterocycles. The first-order valence-electron chi connectivity index (χ1n) is 5.87. The Bertz CT molecular complexity index is 321. The molecule has 0 amide bonds. The standard InChI is InChI=1S/C13H20N2O/c1-11-3-5-12(6-4-11)15-7-8-16-13(10-15)9-14-2/h3-6,13-14H,7-10H2,1-2H3. The molecule has 3 nitrogen and oxygen atoms in total. The van der Waals surface area contributed by atoms with Crippen LogP contribution < -0.4 is 10.2 Å². The molecule has 0 bridgehead atoms. The van der Waals surface area contributed by atoms with Gasteiger partial charge in [0.1, 0.15) is 0 Å². The van der Waals surface area contributed by atoms with Gasteiger partial charge in [0.15, 0.2) is 0 Å². The van der Waals surface area contributed by atoms with Crippen molar-refractivity contribution in [1.82, 2.24) is 5.32 Å². The molecule has 0 radical (unpaired) electrons. The van der Waals surface area contributed by atoms with Crippen LogP contribution in [-0.2, 0) is 4.74 Å². The fraction of sp³-hybridized carbons (Fsp3) is 0.538. The van der Waals surface area contributed by atoms with E-state index < -0.39 is 0 Å². The maximum absolute atomic E-state index is 5.69. The van der Waals surface area contributed by atoms with Crippen LogP contribution in [0.2, 0.25) is 0 Å². The maximum Gasteiger partial charge on any atom is 0.0874 e. The summed E-state index contributed by atoms with van der Waals surface area (Å²) in [5, 5.41) is 3.17. The molecule has 1 aromatic rings. The molecule has 1 atom stereocenters. The van der Waals surface area contributed by atoms with E-state index in [1.807, 2.05) is 7.05 Å². The minimum atomic E-state index is 0.306. The number of ether oxygens (including phenoxy) is 1. The van der Waals surface area contributed by atoms with Gasteiger partial charge in [-0.2, -0.15) is 0 Å². The normalized spacial score (nSPS) is 21.1. The van der Waals surface area contributed by atoms with Gasteiger partial charge in [0.2, 0.25) is 0 Å². The Morgan fingerprint density at radius 1 is 1.38 bits per heavy atom. The third kappa shape index (κ3) is 2.74. The highest BCUT2D eigenvalue weighted by Crippen LogP contribution is 2.18. The lowest BCUT2D eigenvalue weighted by molar-refractivity contribution is 0.0422. The molecule has 0 aliphatic carbocycles. The molecule has 1 heterocycles. The minimum Gasteiger partial charge on any atom is -0.373 e. The van der Waals surface area contributed by atoms with Crippen LogP contribution in [0.5, 0.6) is 0 Å². The average Bonchev–Trinajstić information content (AvgIpc) is 2.31. The van der Waals surface area contributed by atoms with Crippen LogP contribution >= 0.6 is 0 Å². The van der Waals surface area contributed by atoms with Gasteiger partial charge in [0, 0.05) is 25.3 Å². The Balaban J connectivity index is 2.01. The number of hydrogen-bond donors (Lipinski definition) is 1. The second-order valence-corrected chi connectivity index (χ2v) is 4.33. The van der Waals surface area contributed by atoms with Crippen LogP contribution in [0.1, 0.15) is 5.56 Å². The lowest BCUT2D eigenvalue weighted by Gasteiger charge is -2.34. The highest BCUT2D eigenvalue weighted by Gasteiger charge is 2.19. The molecule has 1 aromatic carbocycles. The molecule has 1 unspecified atom stereocenters. The van der Waals surface area contributed by atoms with Gasteiger partial charge in [-0.15, -0.1) is 0 Å². The summed E-state index contributed by atoms with van der Waals surface area (Å²) in [5.41, 5.74) is 2.61. The van der Waals surface area contributed by atoms with Crippen molar-refractivity contribution in [2.75, 3.05) is 38.2 Å². The second kappa shape index (κ2) is 5.32. The molecule has 88 valence electrons. The van der Waals surface area contributed by atoms with E-state index in [4.69, 9.17) is 4.74 Å². The van der Waals surface area contributed by atoms with Crippen molar-refractivity contribution in [2.45, 2.75) is 13.0 Å². The lowest BCUT2D eigenvalue weighted by Crippen LogP contribution is -2.46. The molecule has 16 heavy (non-hydrogen) atoms. The van der Waals surface area contributed by atoms with Gasteiger partial charge >= 0.3 is 0 Å². The number of likely N-dealkylation sites (N-methyl/N-ethyl adjacent to an activating group) is 1. The van der Waals surface area contributed by atoms with Crippen molar-refractivity contribution >= 4 is 5.69 Å². The molecule has 2 rings (SSSR count). The van der Waals surface area contributed by atoms with Crippen LogP contribution in [0.15, 0.2) is 24.3 Å². The zero-order valence-corrected chi connectivity index (χ0v) is 10.1. The van der Waals surface area contributed by atoms with Gasteiger partial charge in [-0.05, 0) is 26.1 Å². The predicted octanol–water partition coefficient (Wildman–Crippen LogP) is 1.42. The summed E-state index contributed by atoms with van der Waals surface area (Å²) in [6, 6.07) is 8.71. The number of anilines is 1. The Hall–Kier alpha value is -1.06. The van der Waals surface area contributed by atoms with E-state index in [0.29, 0.717) is 6.10 Å². The third-order valence-corrected chi connectivity index (χ3v) is 2.97. The average molecular weight is 220 g/mol. The van der Waals surface area contributed by atoms with E-state index in [9.17, 15) is 0 Å². The van der Waals surface area contributed by atoms with Gasteiger partial charge < -0.3 is 15.0 Å². The summed E-state index contributed by atoms with van der Waals surface area (Å²) in [7, 11) is 1.97. The molecule has 1 fully saturated rings. The van der Waals surface area contributed by atoms with Crippen molar-refractivity contribution in [3.8, 4) is 0 Å². The summed E-state index contributed by atoms with van der Waals surface area (Å²) >= 11 is 0. The zero-order valence-electron chi connectivity index (χ0n) is 10.1. The Morgan fingerprint density at radius 3 is 2.81 bits per heavy atom.